The SMILES string of the molecule is CCC(CC)NC(=O)Nc1nc(-c2ccc(C)c(C)c2)cs1. The number of hydrogen-bond acceptors (Lipinski definition) is 3. The average Bonchev–Trinajstić information content (AvgIpc) is 2.96. The van der Waals surface area contributed by atoms with E-state index in [0.717, 1.165) is 24.1 Å². The fraction of sp³-hybridized carbons (Fsp3) is 0.412. The summed E-state index contributed by atoms with van der Waals surface area (Å²) in [6.45, 7) is 8.31. The summed E-state index contributed by atoms with van der Waals surface area (Å²) in [5.74, 6) is 0. The molecule has 0 radical (unpaired) electrons. The van der Waals surface area contributed by atoms with E-state index in [0.29, 0.717) is 5.13 Å². The van der Waals surface area contributed by atoms with Crippen LogP contribution in [-0.2, 0) is 0 Å². The summed E-state index contributed by atoms with van der Waals surface area (Å²) < 4.78 is 0. The maximum absolute atomic E-state index is 11.9. The van der Waals surface area contributed by atoms with Crippen molar-refractivity contribution in [3.63, 3.8) is 0 Å². The summed E-state index contributed by atoms with van der Waals surface area (Å²) in [6.07, 6.45) is 1.85. The van der Waals surface area contributed by atoms with Gasteiger partial charge in [0.1, 0.15) is 0 Å². The summed E-state index contributed by atoms with van der Waals surface area (Å²) in [7, 11) is 0. The van der Waals surface area contributed by atoms with Gasteiger partial charge in [0.2, 0.25) is 0 Å². The van der Waals surface area contributed by atoms with Gasteiger partial charge >= 0.3 is 6.03 Å². The fourth-order valence-electron chi connectivity index (χ4n) is 2.18. The van der Waals surface area contributed by atoms with Gasteiger partial charge in [-0.15, -0.1) is 11.3 Å². The average molecular weight is 317 g/mol. The predicted octanol–water partition coefficient (Wildman–Crippen LogP) is 4.74. The highest BCUT2D eigenvalue weighted by atomic mass is 32.1. The van der Waals surface area contributed by atoms with Crippen molar-refractivity contribution in [1.82, 2.24) is 10.3 Å². The number of aryl methyl sites for hydroxylation is 2. The largest absolute Gasteiger partial charge is 0.335 e. The Hall–Kier alpha value is -1.88. The number of rotatable bonds is 5. The number of hydrogen-bond donors (Lipinski definition) is 2. The minimum Gasteiger partial charge on any atom is -0.335 e. The molecule has 0 aliphatic heterocycles. The van der Waals surface area contributed by atoms with Gasteiger partial charge < -0.3 is 5.32 Å². The molecule has 22 heavy (non-hydrogen) atoms. The zero-order valence-electron chi connectivity index (χ0n) is 13.6. The molecule has 0 aliphatic carbocycles. The molecule has 0 spiro atoms. The van der Waals surface area contributed by atoms with Crippen molar-refractivity contribution in [2.75, 3.05) is 5.32 Å². The van der Waals surface area contributed by atoms with Crippen molar-refractivity contribution in [2.45, 2.75) is 46.6 Å². The minimum atomic E-state index is -0.185. The summed E-state index contributed by atoms with van der Waals surface area (Å²) in [6, 6.07) is 6.30. The molecule has 2 amide bonds. The van der Waals surface area contributed by atoms with Crippen LogP contribution in [0.3, 0.4) is 0 Å². The van der Waals surface area contributed by atoms with Gasteiger partial charge in [0, 0.05) is 17.0 Å². The predicted molar refractivity (Wildman–Crippen MR) is 93.5 cm³/mol. The van der Waals surface area contributed by atoms with Crippen molar-refractivity contribution >= 4 is 22.5 Å². The maximum Gasteiger partial charge on any atom is 0.321 e. The van der Waals surface area contributed by atoms with Crippen LogP contribution in [-0.4, -0.2) is 17.1 Å². The van der Waals surface area contributed by atoms with E-state index in [1.807, 2.05) is 5.38 Å². The molecule has 0 saturated carbocycles. The lowest BCUT2D eigenvalue weighted by molar-refractivity contribution is 0.247. The lowest BCUT2D eigenvalue weighted by Crippen LogP contribution is -2.37. The highest BCUT2D eigenvalue weighted by Crippen LogP contribution is 2.26. The molecule has 0 atom stereocenters. The van der Waals surface area contributed by atoms with Crippen LogP contribution in [0.5, 0.6) is 0 Å². The number of amides is 2. The molecule has 118 valence electrons. The van der Waals surface area contributed by atoms with E-state index in [-0.39, 0.29) is 12.1 Å². The van der Waals surface area contributed by atoms with Crippen LogP contribution in [0.25, 0.3) is 11.3 Å². The van der Waals surface area contributed by atoms with Crippen molar-refractivity contribution in [3.05, 3.63) is 34.7 Å². The maximum atomic E-state index is 11.9. The van der Waals surface area contributed by atoms with Crippen molar-refractivity contribution < 1.29 is 4.79 Å². The Morgan fingerprint density at radius 3 is 2.59 bits per heavy atom. The molecule has 0 unspecified atom stereocenters. The molecule has 0 saturated heterocycles. The number of benzene rings is 1. The second kappa shape index (κ2) is 7.40. The van der Waals surface area contributed by atoms with Gasteiger partial charge in [-0.1, -0.05) is 26.0 Å². The Morgan fingerprint density at radius 2 is 1.95 bits per heavy atom. The minimum absolute atomic E-state index is 0.185. The van der Waals surface area contributed by atoms with E-state index in [9.17, 15) is 4.79 Å². The van der Waals surface area contributed by atoms with E-state index >= 15 is 0 Å². The molecule has 1 aromatic carbocycles. The molecule has 2 rings (SSSR count). The van der Waals surface area contributed by atoms with E-state index in [1.165, 1.54) is 22.5 Å². The molecule has 5 heteroatoms. The van der Waals surface area contributed by atoms with Gasteiger partial charge in [-0.25, -0.2) is 9.78 Å². The second-order valence-corrected chi connectivity index (χ2v) is 6.31. The molecular weight excluding hydrogens is 294 g/mol. The van der Waals surface area contributed by atoms with Gasteiger partial charge in [0.05, 0.1) is 5.69 Å². The molecule has 2 aromatic rings. The van der Waals surface area contributed by atoms with E-state index in [4.69, 9.17) is 0 Å². The van der Waals surface area contributed by atoms with Gasteiger partial charge in [-0.2, -0.15) is 0 Å². The highest BCUT2D eigenvalue weighted by molar-refractivity contribution is 7.14. The molecule has 0 fully saturated rings. The van der Waals surface area contributed by atoms with Crippen LogP contribution >= 0.6 is 11.3 Å². The molecule has 4 nitrogen and oxygen atoms in total. The van der Waals surface area contributed by atoms with Gasteiger partial charge in [0.15, 0.2) is 5.13 Å². The smallest absolute Gasteiger partial charge is 0.321 e. The van der Waals surface area contributed by atoms with Crippen molar-refractivity contribution in [2.24, 2.45) is 0 Å². The Kier molecular flexibility index (Phi) is 5.55. The zero-order chi connectivity index (χ0) is 16.1. The Bertz CT molecular complexity index is 647. The third kappa shape index (κ3) is 4.07. The second-order valence-electron chi connectivity index (χ2n) is 5.45. The fourth-order valence-corrected chi connectivity index (χ4v) is 2.89. The van der Waals surface area contributed by atoms with Crippen LogP contribution in [0.15, 0.2) is 23.6 Å². The number of carbonyl (C=O) groups excluding carboxylic acids is 1. The number of aromatic nitrogens is 1. The quantitative estimate of drug-likeness (QED) is 0.837. The first-order chi connectivity index (χ1) is 10.5. The topological polar surface area (TPSA) is 54.0 Å². The first-order valence-corrected chi connectivity index (χ1v) is 8.52. The van der Waals surface area contributed by atoms with Crippen LogP contribution in [0.1, 0.15) is 37.8 Å². The van der Waals surface area contributed by atoms with Crippen molar-refractivity contribution in [1.29, 1.82) is 0 Å². The summed E-state index contributed by atoms with van der Waals surface area (Å²) in [5.41, 5.74) is 4.48. The van der Waals surface area contributed by atoms with Crippen LogP contribution in [0, 0.1) is 13.8 Å². The third-order valence-corrected chi connectivity index (χ3v) is 4.61. The third-order valence-electron chi connectivity index (χ3n) is 3.85. The number of urea groups is 1. The molecule has 0 aliphatic rings. The summed E-state index contributed by atoms with van der Waals surface area (Å²) >= 11 is 1.44. The van der Waals surface area contributed by atoms with Crippen molar-refractivity contribution in [3.8, 4) is 11.3 Å². The van der Waals surface area contributed by atoms with Crippen LogP contribution < -0.4 is 10.6 Å². The Balaban J connectivity index is 2.05. The first-order valence-electron chi connectivity index (χ1n) is 7.64. The van der Waals surface area contributed by atoms with Crippen LogP contribution in [0.4, 0.5) is 9.93 Å². The Labute approximate surface area is 136 Å². The Morgan fingerprint density at radius 1 is 1.23 bits per heavy atom. The normalized spacial score (nSPS) is 10.8. The molecule has 0 bridgehead atoms. The number of nitrogens with one attached hydrogen (secondary N) is 2. The standard InChI is InChI=1S/C17H23N3OS/c1-5-14(6-2)18-16(21)20-17-19-15(10-22-17)13-8-7-11(3)12(4)9-13/h7-10,14H,5-6H2,1-4H3,(H2,18,19,20,21). The van der Waals surface area contributed by atoms with Gasteiger partial charge in [-0.05, 0) is 43.9 Å². The van der Waals surface area contributed by atoms with Gasteiger partial charge in [-0.3, -0.25) is 5.32 Å². The molecule has 2 N–H and O–H groups in total. The molecule has 1 aromatic heterocycles. The highest BCUT2D eigenvalue weighted by Gasteiger charge is 2.11. The van der Waals surface area contributed by atoms with E-state index in [1.54, 1.807) is 0 Å². The van der Waals surface area contributed by atoms with E-state index < -0.39 is 0 Å². The number of thiazole rings is 1. The number of anilines is 1. The number of carbonyl (C=O) groups is 1. The monoisotopic (exact) mass is 317 g/mol. The zero-order valence-corrected chi connectivity index (χ0v) is 14.4. The summed E-state index contributed by atoms with van der Waals surface area (Å²) in [5, 5.41) is 8.35. The molecular formula is C17H23N3OS. The first kappa shape index (κ1) is 16.5. The van der Waals surface area contributed by atoms with Gasteiger partial charge in [0.25, 0.3) is 0 Å². The van der Waals surface area contributed by atoms with Crippen LogP contribution in [0.2, 0.25) is 0 Å². The number of nitrogens with zero attached hydrogens (tertiary/aromatic N) is 1. The summed E-state index contributed by atoms with van der Waals surface area (Å²) in [4.78, 5) is 16.4. The lowest BCUT2D eigenvalue weighted by atomic mass is 10.1. The molecule has 1 heterocycles. The van der Waals surface area contributed by atoms with E-state index in [2.05, 4.69) is 61.5 Å². The lowest BCUT2D eigenvalue weighted by Gasteiger charge is -2.14.